The fourth-order valence-electron chi connectivity index (χ4n) is 2.12. The van der Waals surface area contributed by atoms with Gasteiger partial charge < -0.3 is 19.5 Å². The van der Waals surface area contributed by atoms with Crippen LogP contribution in [0.1, 0.15) is 16.2 Å². The van der Waals surface area contributed by atoms with Crippen LogP contribution in [0.25, 0.3) is 11.5 Å². The van der Waals surface area contributed by atoms with E-state index in [0.29, 0.717) is 11.6 Å². The molecule has 0 saturated carbocycles. The zero-order valence-electron chi connectivity index (χ0n) is 12.9. The fourth-order valence-corrected chi connectivity index (χ4v) is 2.12. The van der Waals surface area contributed by atoms with Crippen LogP contribution in [-0.2, 0) is 6.54 Å². The number of aromatic nitrogens is 2. The molecule has 0 atom stereocenters. The lowest BCUT2D eigenvalue weighted by Gasteiger charge is -2.04. The van der Waals surface area contributed by atoms with E-state index < -0.39 is 5.91 Å². The van der Waals surface area contributed by atoms with Crippen LogP contribution in [0.2, 0.25) is 0 Å². The van der Waals surface area contributed by atoms with Gasteiger partial charge in [0.1, 0.15) is 12.0 Å². The molecule has 7 nitrogen and oxygen atoms in total. The van der Waals surface area contributed by atoms with E-state index in [9.17, 15) is 9.59 Å². The lowest BCUT2D eigenvalue weighted by Crippen LogP contribution is -2.25. The lowest BCUT2D eigenvalue weighted by atomic mass is 10.2. The highest BCUT2D eigenvalue weighted by atomic mass is 16.5. The minimum Gasteiger partial charge on any atom is -0.491 e. The number of H-pyrrole nitrogens is 1. The van der Waals surface area contributed by atoms with E-state index in [-0.39, 0.29) is 23.4 Å². The number of nitrogens with one attached hydrogen (secondary N) is 2. The summed E-state index contributed by atoms with van der Waals surface area (Å²) in [4.78, 5) is 30.8. The second-order valence-electron chi connectivity index (χ2n) is 4.97. The summed E-state index contributed by atoms with van der Waals surface area (Å²) in [6, 6.07) is 10.6. The molecule has 3 aromatic rings. The van der Waals surface area contributed by atoms with Crippen molar-refractivity contribution in [1.82, 2.24) is 15.3 Å². The zero-order chi connectivity index (χ0) is 16.9. The van der Waals surface area contributed by atoms with Crippen molar-refractivity contribution < 1.29 is 13.9 Å². The first-order chi connectivity index (χ1) is 11.7. The lowest BCUT2D eigenvalue weighted by molar-refractivity contribution is 0.0945. The molecule has 0 saturated heterocycles. The number of hydrogen-bond donors (Lipinski definition) is 2. The first-order valence-corrected chi connectivity index (χ1v) is 7.22. The molecule has 0 aliphatic rings. The van der Waals surface area contributed by atoms with Crippen molar-refractivity contribution in [2.45, 2.75) is 6.54 Å². The highest BCUT2D eigenvalue weighted by molar-refractivity contribution is 5.92. The van der Waals surface area contributed by atoms with Crippen LogP contribution in [0.4, 0.5) is 0 Å². The molecule has 2 N–H and O–H groups in total. The van der Waals surface area contributed by atoms with E-state index in [2.05, 4.69) is 15.3 Å². The topological polar surface area (TPSA) is 97.2 Å². The Morgan fingerprint density at radius 2 is 2.12 bits per heavy atom. The SMILES string of the molecule is COc1c[nH]c(C(=O)NCc2coc(-c3ccccc3)n2)cc1=O. The molecule has 2 heterocycles. The molecule has 24 heavy (non-hydrogen) atoms. The molecule has 1 amide bonds. The molecule has 122 valence electrons. The van der Waals surface area contributed by atoms with E-state index in [1.807, 2.05) is 30.3 Å². The number of pyridine rings is 1. The number of benzene rings is 1. The number of carbonyl (C=O) groups excluding carboxylic acids is 1. The van der Waals surface area contributed by atoms with Crippen LogP contribution >= 0.6 is 0 Å². The molecule has 0 unspecified atom stereocenters. The maximum atomic E-state index is 12.1. The first-order valence-electron chi connectivity index (χ1n) is 7.22. The summed E-state index contributed by atoms with van der Waals surface area (Å²) < 4.78 is 10.3. The minimum atomic E-state index is -0.418. The number of rotatable bonds is 5. The van der Waals surface area contributed by atoms with Crippen molar-refractivity contribution in [2.75, 3.05) is 7.11 Å². The van der Waals surface area contributed by atoms with Gasteiger partial charge >= 0.3 is 0 Å². The van der Waals surface area contributed by atoms with Crippen LogP contribution in [-0.4, -0.2) is 23.0 Å². The Morgan fingerprint density at radius 3 is 2.83 bits per heavy atom. The number of methoxy groups -OCH3 is 1. The molecule has 0 aliphatic heterocycles. The zero-order valence-corrected chi connectivity index (χ0v) is 12.9. The van der Waals surface area contributed by atoms with Crippen molar-refractivity contribution in [1.29, 1.82) is 0 Å². The second kappa shape index (κ2) is 6.82. The van der Waals surface area contributed by atoms with Crippen LogP contribution in [0.15, 0.2) is 58.1 Å². The highest BCUT2D eigenvalue weighted by Crippen LogP contribution is 2.17. The fraction of sp³-hybridized carbons (Fsp3) is 0.118. The van der Waals surface area contributed by atoms with Gasteiger partial charge in [0.25, 0.3) is 5.91 Å². The van der Waals surface area contributed by atoms with Gasteiger partial charge in [-0.2, -0.15) is 0 Å². The molecule has 0 fully saturated rings. The van der Waals surface area contributed by atoms with E-state index in [1.165, 1.54) is 25.6 Å². The number of carbonyl (C=O) groups is 1. The predicted octanol–water partition coefficient (Wildman–Crippen LogP) is 1.97. The molecule has 1 aromatic carbocycles. The summed E-state index contributed by atoms with van der Waals surface area (Å²) in [5.41, 5.74) is 1.22. The average Bonchev–Trinajstić information content (AvgIpc) is 3.09. The van der Waals surface area contributed by atoms with Gasteiger partial charge in [-0.05, 0) is 12.1 Å². The number of nitrogens with zero attached hydrogens (tertiary/aromatic N) is 1. The van der Waals surface area contributed by atoms with E-state index >= 15 is 0 Å². The quantitative estimate of drug-likeness (QED) is 0.747. The molecule has 0 aliphatic carbocycles. The largest absolute Gasteiger partial charge is 0.491 e. The Morgan fingerprint density at radius 1 is 1.33 bits per heavy atom. The maximum Gasteiger partial charge on any atom is 0.268 e. The summed E-state index contributed by atoms with van der Waals surface area (Å²) in [6.45, 7) is 0.184. The van der Waals surface area contributed by atoms with E-state index in [4.69, 9.17) is 9.15 Å². The van der Waals surface area contributed by atoms with Crippen molar-refractivity contribution in [3.8, 4) is 17.2 Å². The van der Waals surface area contributed by atoms with Gasteiger partial charge in [-0.1, -0.05) is 18.2 Å². The summed E-state index contributed by atoms with van der Waals surface area (Å²) in [6.07, 6.45) is 2.83. The van der Waals surface area contributed by atoms with E-state index in [1.54, 1.807) is 0 Å². The van der Waals surface area contributed by atoms with Gasteiger partial charge in [-0.25, -0.2) is 4.98 Å². The Bertz CT molecular complexity index is 899. The number of amides is 1. The Balaban J connectivity index is 1.66. The summed E-state index contributed by atoms with van der Waals surface area (Å²) >= 11 is 0. The minimum absolute atomic E-state index is 0.146. The number of aromatic amines is 1. The summed E-state index contributed by atoms with van der Waals surface area (Å²) in [7, 11) is 1.39. The molecule has 3 rings (SSSR count). The molecule has 7 heteroatoms. The highest BCUT2D eigenvalue weighted by Gasteiger charge is 2.11. The smallest absolute Gasteiger partial charge is 0.268 e. The number of oxazole rings is 1. The van der Waals surface area contributed by atoms with Crippen molar-refractivity contribution in [2.24, 2.45) is 0 Å². The first kappa shape index (κ1) is 15.5. The van der Waals surface area contributed by atoms with Crippen LogP contribution in [0.3, 0.4) is 0 Å². The van der Waals surface area contributed by atoms with Crippen LogP contribution < -0.4 is 15.5 Å². The van der Waals surface area contributed by atoms with Gasteiger partial charge in [0.2, 0.25) is 11.3 Å². The molecule has 0 spiro atoms. The molecular weight excluding hydrogens is 310 g/mol. The van der Waals surface area contributed by atoms with Crippen molar-refractivity contribution >= 4 is 5.91 Å². The standard InChI is InChI=1S/C17H15N3O4/c1-23-15-9-18-13(7-14(15)21)16(22)19-8-12-10-24-17(20-12)11-5-3-2-4-6-11/h2-7,9-10H,8H2,1H3,(H,18,21)(H,19,22). The second-order valence-corrected chi connectivity index (χ2v) is 4.97. The van der Waals surface area contributed by atoms with E-state index in [0.717, 1.165) is 5.56 Å². The van der Waals surface area contributed by atoms with Crippen LogP contribution in [0.5, 0.6) is 5.75 Å². The third kappa shape index (κ3) is 3.35. The summed E-state index contributed by atoms with van der Waals surface area (Å²) in [5.74, 6) is 0.215. The summed E-state index contributed by atoms with van der Waals surface area (Å²) in [5, 5.41) is 2.67. The van der Waals surface area contributed by atoms with Crippen LogP contribution in [0, 0.1) is 0 Å². The molecule has 0 bridgehead atoms. The Kier molecular flexibility index (Phi) is 4.42. The average molecular weight is 325 g/mol. The predicted molar refractivity (Wildman–Crippen MR) is 86.7 cm³/mol. The van der Waals surface area contributed by atoms with Gasteiger partial charge in [-0.3, -0.25) is 9.59 Å². The van der Waals surface area contributed by atoms with Gasteiger partial charge in [0, 0.05) is 17.8 Å². The van der Waals surface area contributed by atoms with Crippen molar-refractivity contribution in [3.05, 3.63) is 70.5 Å². The monoisotopic (exact) mass is 325 g/mol. The number of ether oxygens (including phenoxy) is 1. The third-order valence-electron chi connectivity index (χ3n) is 3.34. The third-order valence-corrected chi connectivity index (χ3v) is 3.34. The van der Waals surface area contributed by atoms with Gasteiger partial charge in [0.15, 0.2) is 5.75 Å². The Labute approximate surface area is 137 Å². The van der Waals surface area contributed by atoms with Gasteiger partial charge in [0.05, 0.1) is 19.3 Å². The maximum absolute atomic E-state index is 12.1. The van der Waals surface area contributed by atoms with Crippen molar-refractivity contribution in [3.63, 3.8) is 0 Å². The molecule has 0 radical (unpaired) electrons. The van der Waals surface area contributed by atoms with Gasteiger partial charge in [-0.15, -0.1) is 0 Å². The normalized spacial score (nSPS) is 10.4. The molecular formula is C17H15N3O4. The Hall–Kier alpha value is -3.35. The molecule has 2 aromatic heterocycles. The number of hydrogen-bond acceptors (Lipinski definition) is 5.